The average Bonchev–Trinajstić information content (AvgIpc) is 2.86. The maximum absolute atomic E-state index is 6.02. The van der Waals surface area contributed by atoms with Gasteiger partial charge in [-0.3, -0.25) is 9.97 Å². The third-order valence-corrected chi connectivity index (χ3v) is 7.35. The van der Waals surface area contributed by atoms with Gasteiger partial charge in [0.15, 0.2) is 0 Å². The number of benzene rings is 1. The third-order valence-electron chi connectivity index (χ3n) is 7.35. The van der Waals surface area contributed by atoms with E-state index >= 15 is 0 Å². The lowest BCUT2D eigenvalue weighted by Crippen LogP contribution is -2.15. The van der Waals surface area contributed by atoms with Crippen molar-refractivity contribution < 1.29 is 4.74 Å². The normalized spacial score (nSPS) is 18.4. The predicted octanol–water partition coefficient (Wildman–Crippen LogP) is 8.81. The number of hydrogen-bond acceptors (Lipinski definition) is 3. The molecule has 1 aliphatic carbocycles. The second-order valence-corrected chi connectivity index (χ2v) is 10.1. The largest absolute Gasteiger partial charge is 0.494 e. The molecule has 33 heavy (non-hydrogen) atoms. The smallest absolute Gasteiger partial charge is 0.119 e. The summed E-state index contributed by atoms with van der Waals surface area (Å²) < 4.78 is 6.02. The van der Waals surface area contributed by atoms with Gasteiger partial charge in [-0.05, 0) is 61.8 Å². The first-order valence-electron chi connectivity index (χ1n) is 13.8. The second-order valence-electron chi connectivity index (χ2n) is 10.1. The Kier molecular flexibility index (Phi) is 11.8. The molecule has 1 aromatic heterocycles. The quantitative estimate of drug-likeness (QED) is 0.254. The molecule has 3 nitrogen and oxygen atoms in total. The fraction of sp³-hybridized carbons (Fsp3) is 0.667. The fourth-order valence-corrected chi connectivity index (χ4v) is 5.14. The van der Waals surface area contributed by atoms with Crippen LogP contribution < -0.4 is 4.74 Å². The van der Waals surface area contributed by atoms with Crippen molar-refractivity contribution in [1.29, 1.82) is 0 Å². The average molecular weight is 451 g/mol. The van der Waals surface area contributed by atoms with Crippen molar-refractivity contribution in [3.63, 3.8) is 0 Å². The molecule has 1 aromatic carbocycles. The summed E-state index contributed by atoms with van der Waals surface area (Å²) in [5.74, 6) is 2.89. The van der Waals surface area contributed by atoms with E-state index in [0.717, 1.165) is 54.0 Å². The van der Waals surface area contributed by atoms with Crippen LogP contribution in [0.5, 0.6) is 5.75 Å². The SMILES string of the molecule is CCCCCCc1cnc(-c2ccc(OCCCC3CCC(CCCCC)CC3)cc2)cn1. The molecule has 2 aromatic rings. The van der Waals surface area contributed by atoms with E-state index in [9.17, 15) is 0 Å². The zero-order valence-corrected chi connectivity index (χ0v) is 21.2. The maximum atomic E-state index is 6.02. The highest BCUT2D eigenvalue weighted by molar-refractivity contribution is 5.58. The highest BCUT2D eigenvalue weighted by atomic mass is 16.5. The minimum atomic E-state index is 0.822. The van der Waals surface area contributed by atoms with Gasteiger partial charge < -0.3 is 4.74 Å². The molecule has 0 spiro atoms. The van der Waals surface area contributed by atoms with E-state index in [1.165, 1.54) is 83.5 Å². The summed E-state index contributed by atoms with van der Waals surface area (Å²) in [6, 6.07) is 8.33. The Morgan fingerprint density at radius 1 is 0.727 bits per heavy atom. The summed E-state index contributed by atoms with van der Waals surface area (Å²) in [5, 5.41) is 0. The predicted molar refractivity (Wildman–Crippen MR) is 140 cm³/mol. The molecule has 182 valence electrons. The van der Waals surface area contributed by atoms with E-state index < -0.39 is 0 Å². The van der Waals surface area contributed by atoms with E-state index in [0.29, 0.717) is 0 Å². The van der Waals surface area contributed by atoms with Gasteiger partial charge in [0.05, 0.1) is 24.2 Å². The summed E-state index contributed by atoms with van der Waals surface area (Å²) in [6.07, 6.45) is 23.9. The Balaban J connectivity index is 1.31. The minimum absolute atomic E-state index is 0.822. The number of nitrogens with zero attached hydrogens (tertiary/aromatic N) is 2. The summed E-state index contributed by atoms with van der Waals surface area (Å²) in [7, 11) is 0. The van der Waals surface area contributed by atoms with Gasteiger partial charge in [0, 0.05) is 11.8 Å². The zero-order chi connectivity index (χ0) is 23.1. The van der Waals surface area contributed by atoms with Gasteiger partial charge in [0.2, 0.25) is 0 Å². The first-order chi connectivity index (χ1) is 16.3. The Labute approximate surface area is 202 Å². The van der Waals surface area contributed by atoms with Crippen LogP contribution in [-0.4, -0.2) is 16.6 Å². The fourth-order valence-electron chi connectivity index (χ4n) is 5.14. The van der Waals surface area contributed by atoms with Gasteiger partial charge in [-0.2, -0.15) is 0 Å². The molecule has 1 aliphatic rings. The van der Waals surface area contributed by atoms with Crippen LogP contribution in [0.3, 0.4) is 0 Å². The number of hydrogen-bond donors (Lipinski definition) is 0. The highest BCUT2D eigenvalue weighted by Crippen LogP contribution is 2.34. The molecule has 3 heteroatoms. The number of aromatic nitrogens is 2. The minimum Gasteiger partial charge on any atom is -0.494 e. The summed E-state index contributed by atoms with van der Waals surface area (Å²) in [5.41, 5.74) is 3.13. The molecule has 0 radical (unpaired) electrons. The second kappa shape index (κ2) is 15.1. The van der Waals surface area contributed by atoms with Gasteiger partial charge in [0.25, 0.3) is 0 Å². The van der Waals surface area contributed by atoms with Crippen LogP contribution in [0.2, 0.25) is 0 Å². The molecular formula is C30H46N2O. The lowest BCUT2D eigenvalue weighted by molar-refractivity contribution is 0.228. The van der Waals surface area contributed by atoms with Gasteiger partial charge in [-0.25, -0.2) is 0 Å². The Morgan fingerprint density at radius 2 is 1.39 bits per heavy atom. The Morgan fingerprint density at radius 3 is 2.03 bits per heavy atom. The molecule has 0 N–H and O–H groups in total. The molecule has 3 rings (SSSR count). The zero-order valence-electron chi connectivity index (χ0n) is 21.2. The van der Waals surface area contributed by atoms with Gasteiger partial charge in [-0.1, -0.05) is 84.5 Å². The highest BCUT2D eigenvalue weighted by Gasteiger charge is 2.20. The van der Waals surface area contributed by atoms with Crippen molar-refractivity contribution in [1.82, 2.24) is 9.97 Å². The van der Waals surface area contributed by atoms with Crippen LogP contribution in [0, 0.1) is 11.8 Å². The molecule has 0 atom stereocenters. The van der Waals surface area contributed by atoms with Crippen LogP contribution in [0.15, 0.2) is 36.7 Å². The van der Waals surface area contributed by atoms with Gasteiger partial charge in [0.1, 0.15) is 5.75 Å². The third kappa shape index (κ3) is 9.47. The molecule has 1 fully saturated rings. The molecule has 0 amide bonds. The molecule has 0 aliphatic heterocycles. The topological polar surface area (TPSA) is 35.0 Å². The van der Waals surface area contributed by atoms with Crippen molar-refractivity contribution >= 4 is 0 Å². The van der Waals surface area contributed by atoms with Gasteiger partial charge >= 0.3 is 0 Å². The van der Waals surface area contributed by atoms with Crippen LogP contribution in [0.1, 0.15) is 109 Å². The first-order valence-corrected chi connectivity index (χ1v) is 13.8. The van der Waals surface area contributed by atoms with Crippen LogP contribution >= 0.6 is 0 Å². The van der Waals surface area contributed by atoms with E-state index in [-0.39, 0.29) is 0 Å². The molecule has 1 heterocycles. The molecule has 0 unspecified atom stereocenters. The van der Waals surface area contributed by atoms with E-state index in [2.05, 4.69) is 48.1 Å². The molecule has 1 saturated carbocycles. The van der Waals surface area contributed by atoms with Crippen molar-refractivity contribution in [2.24, 2.45) is 11.8 Å². The molecule has 0 saturated heterocycles. The number of aryl methyl sites for hydroxylation is 1. The monoisotopic (exact) mass is 450 g/mol. The lowest BCUT2D eigenvalue weighted by Gasteiger charge is -2.28. The van der Waals surface area contributed by atoms with Crippen molar-refractivity contribution in [3.05, 3.63) is 42.4 Å². The Hall–Kier alpha value is -1.90. The van der Waals surface area contributed by atoms with Gasteiger partial charge in [-0.15, -0.1) is 0 Å². The van der Waals surface area contributed by atoms with Crippen molar-refractivity contribution in [3.8, 4) is 17.0 Å². The van der Waals surface area contributed by atoms with Crippen LogP contribution in [0.25, 0.3) is 11.3 Å². The number of unbranched alkanes of at least 4 members (excludes halogenated alkanes) is 5. The molecule has 0 bridgehead atoms. The van der Waals surface area contributed by atoms with Crippen molar-refractivity contribution in [2.75, 3.05) is 6.61 Å². The summed E-state index contributed by atoms with van der Waals surface area (Å²) in [6.45, 7) is 5.37. The number of rotatable bonds is 15. The first kappa shape index (κ1) is 25.7. The summed E-state index contributed by atoms with van der Waals surface area (Å²) in [4.78, 5) is 9.24. The van der Waals surface area contributed by atoms with E-state index in [1.54, 1.807) is 0 Å². The number of ether oxygens (including phenoxy) is 1. The summed E-state index contributed by atoms with van der Waals surface area (Å²) >= 11 is 0. The van der Waals surface area contributed by atoms with Crippen LogP contribution in [-0.2, 0) is 6.42 Å². The maximum Gasteiger partial charge on any atom is 0.119 e. The van der Waals surface area contributed by atoms with E-state index in [1.807, 2.05) is 12.4 Å². The van der Waals surface area contributed by atoms with Crippen LogP contribution in [0.4, 0.5) is 0 Å². The lowest BCUT2D eigenvalue weighted by atomic mass is 9.78. The van der Waals surface area contributed by atoms with Crippen molar-refractivity contribution in [2.45, 2.75) is 110 Å². The standard InChI is InChI=1S/C30H46N2O/c1-3-5-7-9-13-28-23-32-30(24-31-28)27-18-20-29(21-19-27)33-22-10-12-26-16-14-25(15-17-26)11-8-6-4-2/h18-21,23-26H,3-17,22H2,1-2H3. The Bertz CT molecular complexity index is 748. The molecular weight excluding hydrogens is 404 g/mol. The van der Waals surface area contributed by atoms with E-state index in [4.69, 9.17) is 4.74 Å².